The first kappa shape index (κ1) is 11.5. The Balaban J connectivity index is 2.30. The van der Waals surface area contributed by atoms with Gasteiger partial charge >= 0.3 is 0 Å². The lowest BCUT2D eigenvalue weighted by Crippen LogP contribution is -2.25. The second kappa shape index (κ2) is 3.53. The van der Waals surface area contributed by atoms with Crippen molar-refractivity contribution < 1.29 is 12.8 Å². The third-order valence-electron chi connectivity index (χ3n) is 2.89. The van der Waals surface area contributed by atoms with Gasteiger partial charge in [-0.05, 0) is 37.0 Å². The Labute approximate surface area is 94.4 Å². The van der Waals surface area contributed by atoms with Crippen LogP contribution in [0.4, 0.5) is 4.39 Å². The largest absolute Gasteiger partial charge is 0.325 e. The molecule has 0 heterocycles. The van der Waals surface area contributed by atoms with Crippen molar-refractivity contribution in [1.82, 2.24) is 0 Å². The third-order valence-corrected chi connectivity index (χ3v) is 4.00. The molecule has 1 aliphatic carbocycles. The third kappa shape index (κ3) is 2.41. The molecular weight excluding hydrogens is 229 g/mol. The van der Waals surface area contributed by atoms with E-state index in [0.717, 1.165) is 25.2 Å². The van der Waals surface area contributed by atoms with Crippen LogP contribution in [0.1, 0.15) is 18.4 Å². The summed E-state index contributed by atoms with van der Waals surface area (Å²) in [7, 11) is -3.34. The molecule has 1 saturated carbocycles. The smallest absolute Gasteiger partial charge is 0.175 e. The van der Waals surface area contributed by atoms with Crippen LogP contribution >= 0.6 is 0 Å². The van der Waals surface area contributed by atoms with Crippen LogP contribution in [-0.4, -0.2) is 20.2 Å². The number of sulfone groups is 1. The molecule has 0 aromatic heterocycles. The van der Waals surface area contributed by atoms with Gasteiger partial charge in [-0.3, -0.25) is 0 Å². The number of hydrogen-bond donors (Lipinski definition) is 1. The number of benzene rings is 1. The zero-order chi connectivity index (χ0) is 12.0. The van der Waals surface area contributed by atoms with Gasteiger partial charge < -0.3 is 5.73 Å². The summed E-state index contributed by atoms with van der Waals surface area (Å²) in [6.45, 7) is 0. The monoisotopic (exact) mass is 243 g/mol. The molecule has 2 N–H and O–H groups in total. The second-order valence-corrected chi connectivity index (χ2v) is 6.58. The van der Waals surface area contributed by atoms with Crippen LogP contribution in [0.5, 0.6) is 0 Å². The van der Waals surface area contributed by atoms with Gasteiger partial charge in [0.2, 0.25) is 0 Å². The van der Waals surface area contributed by atoms with E-state index in [1.54, 1.807) is 0 Å². The number of nitrogens with two attached hydrogens (primary N) is 1. The highest BCUT2D eigenvalue weighted by atomic mass is 32.2. The summed E-state index contributed by atoms with van der Waals surface area (Å²) in [6.07, 6.45) is 3.34. The number of hydrogen-bond acceptors (Lipinski definition) is 3. The number of halogens is 1. The molecule has 3 nitrogen and oxygen atoms in total. The summed E-state index contributed by atoms with van der Waals surface area (Å²) in [5.41, 5.74) is 6.11. The molecule has 5 heteroatoms. The topological polar surface area (TPSA) is 60.2 Å². The first-order valence-corrected chi connectivity index (χ1v) is 6.97. The van der Waals surface area contributed by atoms with E-state index < -0.39 is 15.7 Å². The summed E-state index contributed by atoms with van der Waals surface area (Å²) in [6, 6.07) is 4.01. The van der Waals surface area contributed by atoms with Crippen molar-refractivity contribution in [1.29, 1.82) is 0 Å². The van der Waals surface area contributed by atoms with Crippen molar-refractivity contribution in [3.05, 3.63) is 29.6 Å². The first-order valence-electron chi connectivity index (χ1n) is 5.08. The Morgan fingerprint density at radius 1 is 1.44 bits per heavy atom. The Hall–Kier alpha value is -0.940. The summed E-state index contributed by atoms with van der Waals surface area (Å²) in [5, 5.41) is 0. The lowest BCUT2D eigenvalue weighted by Gasteiger charge is -2.10. The molecule has 1 aromatic carbocycles. The van der Waals surface area contributed by atoms with Crippen LogP contribution in [0.15, 0.2) is 23.1 Å². The van der Waals surface area contributed by atoms with Gasteiger partial charge in [-0.2, -0.15) is 0 Å². The van der Waals surface area contributed by atoms with Crippen LogP contribution in [0.3, 0.4) is 0 Å². The second-order valence-electron chi connectivity index (χ2n) is 4.56. The molecule has 0 saturated heterocycles. The van der Waals surface area contributed by atoms with Crippen molar-refractivity contribution in [2.45, 2.75) is 29.7 Å². The molecule has 0 atom stereocenters. The minimum atomic E-state index is -3.34. The zero-order valence-electron chi connectivity index (χ0n) is 9.03. The van der Waals surface area contributed by atoms with Gasteiger partial charge in [-0.15, -0.1) is 0 Å². The summed E-state index contributed by atoms with van der Waals surface area (Å²) in [5.74, 6) is -0.486. The molecule has 0 radical (unpaired) electrons. The molecule has 88 valence electrons. The van der Waals surface area contributed by atoms with Gasteiger partial charge in [0, 0.05) is 11.8 Å². The molecular formula is C11H14FNO2S. The van der Waals surface area contributed by atoms with E-state index in [4.69, 9.17) is 5.73 Å². The molecule has 0 aliphatic heterocycles. The summed E-state index contributed by atoms with van der Waals surface area (Å²) >= 11 is 0. The molecule has 0 bridgehead atoms. The lowest BCUT2D eigenvalue weighted by molar-refractivity contribution is 0.574. The quantitative estimate of drug-likeness (QED) is 0.869. The maximum absolute atomic E-state index is 13.6. The average molecular weight is 243 g/mol. The van der Waals surface area contributed by atoms with Crippen molar-refractivity contribution in [3.63, 3.8) is 0 Å². The van der Waals surface area contributed by atoms with Crippen LogP contribution < -0.4 is 5.73 Å². The van der Waals surface area contributed by atoms with E-state index in [-0.39, 0.29) is 10.4 Å². The van der Waals surface area contributed by atoms with Crippen LogP contribution in [0, 0.1) is 5.82 Å². The standard InChI is InChI=1S/C11H14FNO2S/c1-16(14,15)9-3-2-8(10(12)6-9)7-11(13)4-5-11/h2-3,6H,4-5,7,13H2,1H3. The fourth-order valence-corrected chi connectivity index (χ4v) is 2.25. The average Bonchev–Trinajstić information content (AvgIpc) is 2.86. The molecule has 1 aliphatic rings. The number of rotatable bonds is 3. The molecule has 16 heavy (non-hydrogen) atoms. The predicted molar refractivity (Wildman–Crippen MR) is 59.4 cm³/mol. The zero-order valence-corrected chi connectivity index (χ0v) is 9.85. The van der Waals surface area contributed by atoms with E-state index in [9.17, 15) is 12.8 Å². The minimum Gasteiger partial charge on any atom is -0.325 e. The van der Waals surface area contributed by atoms with Gasteiger partial charge in [0.05, 0.1) is 4.90 Å². The van der Waals surface area contributed by atoms with Crippen LogP contribution in [0.25, 0.3) is 0 Å². The van der Waals surface area contributed by atoms with Gasteiger partial charge in [0.25, 0.3) is 0 Å². The van der Waals surface area contributed by atoms with Crippen molar-refractivity contribution in [3.8, 4) is 0 Å². The minimum absolute atomic E-state index is 0.00983. The van der Waals surface area contributed by atoms with Crippen molar-refractivity contribution in [2.24, 2.45) is 5.73 Å². The molecule has 1 aromatic rings. The van der Waals surface area contributed by atoms with E-state index in [1.165, 1.54) is 12.1 Å². The highest BCUT2D eigenvalue weighted by molar-refractivity contribution is 7.90. The molecule has 0 amide bonds. The highest BCUT2D eigenvalue weighted by Gasteiger charge is 2.38. The van der Waals surface area contributed by atoms with E-state index in [2.05, 4.69) is 0 Å². The SMILES string of the molecule is CS(=O)(=O)c1ccc(CC2(N)CC2)c(F)c1. The highest BCUT2D eigenvalue weighted by Crippen LogP contribution is 2.36. The van der Waals surface area contributed by atoms with Crippen LogP contribution in [-0.2, 0) is 16.3 Å². The molecule has 1 fully saturated rings. The molecule has 0 unspecified atom stereocenters. The van der Waals surface area contributed by atoms with Gasteiger partial charge in [-0.25, -0.2) is 12.8 Å². The first-order chi connectivity index (χ1) is 7.30. The van der Waals surface area contributed by atoms with Crippen LogP contribution in [0.2, 0.25) is 0 Å². The molecule has 2 rings (SSSR count). The lowest BCUT2D eigenvalue weighted by atomic mass is 10.0. The van der Waals surface area contributed by atoms with E-state index >= 15 is 0 Å². The van der Waals surface area contributed by atoms with Gasteiger partial charge in [0.1, 0.15) is 5.82 Å². The maximum Gasteiger partial charge on any atom is 0.175 e. The van der Waals surface area contributed by atoms with Crippen molar-refractivity contribution in [2.75, 3.05) is 6.26 Å². The van der Waals surface area contributed by atoms with Crippen molar-refractivity contribution >= 4 is 9.84 Å². The van der Waals surface area contributed by atoms with Gasteiger partial charge in [0.15, 0.2) is 9.84 Å². The summed E-state index contributed by atoms with van der Waals surface area (Å²) in [4.78, 5) is 0.00983. The normalized spacial score (nSPS) is 18.4. The maximum atomic E-state index is 13.6. The Kier molecular flexibility index (Phi) is 2.55. The Bertz CT molecular complexity index is 521. The summed E-state index contributed by atoms with van der Waals surface area (Å²) < 4.78 is 36.0. The Morgan fingerprint density at radius 3 is 2.50 bits per heavy atom. The van der Waals surface area contributed by atoms with Gasteiger partial charge in [-0.1, -0.05) is 6.07 Å². The van der Waals surface area contributed by atoms with E-state index in [0.29, 0.717) is 12.0 Å². The predicted octanol–water partition coefficient (Wildman–Crippen LogP) is 1.26. The molecule has 0 spiro atoms. The Morgan fingerprint density at radius 2 is 2.06 bits per heavy atom. The fourth-order valence-electron chi connectivity index (χ4n) is 1.62. The fraction of sp³-hybridized carbons (Fsp3) is 0.455. The van der Waals surface area contributed by atoms with E-state index in [1.807, 2.05) is 0 Å².